The van der Waals surface area contributed by atoms with Crippen LogP contribution in [0, 0.1) is 0 Å². The summed E-state index contributed by atoms with van der Waals surface area (Å²) in [6.07, 6.45) is 6.51. The van der Waals surface area contributed by atoms with E-state index >= 15 is 0 Å². The van der Waals surface area contributed by atoms with Gasteiger partial charge in [-0.2, -0.15) is 0 Å². The molecule has 0 amide bonds. The van der Waals surface area contributed by atoms with E-state index in [1.165, 1.54) is 37.7 Å². The Bertz CT molecular complexity index is 585. The zero-order valence-corrected chi connectivity index (χ0v) is 11.5. The number of ether oxygens (including phenoxy) is 1. The third-order valence-electron chi connectivity index (χ3n) is 4.35. The minimum absolute atomic E-state index is 0.604. The number of anilines is 1. The molecule has 1 aliphatic rings. The largest absolute Gasteiger partial charge is 0.496 e. The molecule has 0 bridgehead atoms. The molecule has 0 heterocycles. The van der Waals surface area contributed by atoms with Crippen LogP contribution in [0.4, 0.5) is 5.69 Å². The van der Waals surface area contributed by atoms with Crippen molar-refractivity contribution in [3.05, 3.63) is 35.9 Å². The molecule has 0 saturated heterocycles. The Morgan fingerprint density at radius 3 is 2.42 bits per heavy atom. The topological polar surface area (TPSA) is 35.2 Å². The molecule has 0 aromatic heterocycles. The minimum atomic E-state index is 0.604. The van der Waals surface area contributed by atoms with Crippen LogP contribution in [-0.2, 0) is 0 Å². The molecule has 0 atom stereocenters. The van der Waals surface area contributed by atoms with Crippen molar-refractivity contribution >= 4 is 16.5 Å². The first-order valence-corrected chi connectivity index (χ1v) is 7.16. The van der Waals surface area contributed by atoms with Crippen molar-refractivity contribution in [2.45, 2.75) is 38.0 Å². The van der Waals surface area contributed by atoms with Crippen LogP contribution in [-0.4, -0.2) is 7.11 Å². The third-order valence-corrected chi connectivity index (χ3v) is 4.35. The summed E-state index contributed by atoms with van der Waals surface area (Å²) in [7, 11) is 1.74. The first-order valence-electron chi connectivity index (χ1n) is 7.16. The first-order chi connectivity index (χ1) is 9.31. The van der Waals surface area contributed by atoms with E-state index in [1.807, 2.05) is 12.1 Å². The fourth-order valence-electron chi connectivity index (χ4n) is 3.31. The van der Waals surface area contributed by atoms with E-state index in [0.717, 1.165) is 22.2 Å². The van der Waals surface area contributed by atoms with E-state index in [1.54, 1.807) is 7.11 Å². The molecular weight excluding hydrogens is 234 g/mol. The van der Waals surface area contributed by atoms with Crippen molar-refractivity contribution in [1.29, 1.82) is 0 Å². The molecule has 3 rings (SSSR count). The van der Waals surface area contributed by atoms with E-state index in [4.69, 9.17) is 10.5 Å². The van der Waals surface area contributed by atoms with Gasteiger partial charge in [-0.05, 0) is 30.4 Å². The number of fused-ring (bicyclic) bond motifs is 1. The number of hydrogen-bond acceptors (Lipinski definition) is 2. The second-order valence-corrected chi connectivity index (χ2v) is 5.46. The van der Waals surface area contributed by atoms with E-state index in [9.17, 15) is 0 Å². The molecule has 2 aromatic rings. The molecule has 2 aromatic carbocycles. The molecule has 2 N–H and O–H groups in total. The van der Waals surface area contributed by atoms with Gasteiger partial charge in [0, 0.05) is 16.5 Å². The number of rotatable bonds is 2. The molecule has 0 aliphatic heterocycles. The normalized spacial score (nSPS) is 16.7. The molecule has 1 aliphatic carbocycles. The van der Waals surface area contributed by atoms with Gasteiger partial charge < -0.3 is 10.5 Å². The number of hydrogen-bond donors (Lipinski definition) is 1. The molecule has 100 valence electrons. The maximum atomic E-state index is 6.42. The average molecular weight is 255 g/mol. The van der Waals surface area contributed by atoms with Crippen molar-refractivity contribution < 1.29 is 4.74 Å². The first kappa shape index (κ1) is 12.3. The molecule has 19 heavy (non-hydrogen) atoms. The summed E-state index contributed by atoms with van der Waals surface area (Å²) in [6.45, 7) is 0. The van der Waals surface area contributed by atoms with Crippen LogP contribution in [0.3, 0.4) is 0 Å². The van der Waals surface area contributed by atoms with Crippen molar-refractivity contribution in [3.8, 4) is 5.75 Å². The van der Waals surface area contributed by atoms with Gasteiger partial charge in [-0.15, -0.1) is 0 Å². The molecular formula is C17H21NO. The van der Waals surface area contributed by atoms with Gasteiger partial charge in [0.2, 0.25) is 0 Å². The maximum absolute atomic E-state index is 6.42. The average Bonchev–Trinajstić information content (AvgIpc) is 2.49. The quantitative estimate of drug-likeness (QED) is 0.803. The van der Waals surface area contributed by atoms with E-state index < -0.39 is 0 Å². The van der Waals surface area contributed by atoms with Crippen molar-refractivity contribution in [3.63, 3.8) is 0 Å². The Morgan fingerprint density at radius 2 is 1.74 bits per heavy atom. The highest BCUT2D eigenvalue weighted by molar-refractivity contribution is 5.98. The highest BCUT2D eigenvalue weighted by atomic mass is 16.5. The molecule has 2 heteroatoms. The zero-order valence-electron chi connectivity index (χ0n) is 11.5. The van der Waals surface area contributed by atoms with Crippen LogP contribution in [0.5, 0.6) is 5.75 Å². The molecule has 1 fully saturated rings. The van der Waals surface area contributed by atoms with Crippen molar-refractivity contribution in [2.24, 2.45) is 0 Å². The summed E-state index contributed by atoms with van der Waals surface area (Å²) in [5.74, 6) is 1.55. The van der Waals surface area contributed by atoms with E-state index in [0.29, 0.717) is 5.92 Å². The lowest BCUT2D eigenvalue weighted by Crippen LogP contribution is -2.08. The summed E-state index contributed by atoms with van der Waals surface area (Å²) in [4.78, 5) is 0. The monoisotopic (exact) mass is 255 g/mol. The molecule has 0 spiro atoms. The van der Waals surface area contributed by atoms with Gasteiger partial charge in [-0.1, -0.05) is 43.5 Å². The lowest BCUT2D eigenvalue weighted by Gasteiger charge is -2.24. The second kappa shape index (κ2) is 5.12. The predicted octanol–water partition coefficient (Wildman–Crippen LogP) is 4.48. The van der Waals surface area contributed by atoms with Gasteiger partial charge in [0.25, 0.3) is 0 Å². The van der Waals surface area contributed by atoms with Crippen LogP contribution >= 0.6 is 0 Å². The van der Waals surface area contributed by atoms with Crippen LogP contribution in [0.2, 0.25) is 0 Å². The van der Waals surface area contributed by atoms with Crippen LogP contribution in [0.15, 0.2) is 30.3 Å². The summed E-state index contributed by atoms with van der Waals surface area (Å²) in [6, 6.07) is 10.4. The number of nitrogens with two attached hydrogens (primary N) is 1. The van der Waals surface area contributed by atoms with Crippen LogP contribution in [0.25, 0.3) is 10.8 Å². The lowest BCUT2D eigenvalue weighted by atomic mass is 9.82. The Hall–Kier alpha value is -1.70. The van der Waals surface area contributed by atoms with Gasteiger partial charge in [-0.25, -0.2) is 0 Å². The smallest absolute Gasteiger partial charge is 0.127 e. The summed E-state index contributed by atoms with van der Waals surface area (Å²) < 4.78 is 5.56. The van der Waals surface area contributed by atoms with Gasteiger partial charge in [0.05, 0.1) is 7.11 Å². The minimum Gasteiger partial charge on any atom is -0.496 e. The van der Waals surface area contributed by atoms with Gasteiger partial charge >= 0.3 is 0 Å². The van der Waals surface area contributed by atoms with Gasteiger partial charge in [0.15, 0.2) is 0 Å². The number of benzene rings is 2. The number of nitrogen functional groups attached to an aromatic ring is 1. The fourth-order valence-corrected chi connectivity index (χ4v) is 3.31. The summed E-state index contributed by atoms with van der Waals surface area (Å²) in [5, 5.41) is 2.24. The molecule has 2 nitrogen and oxygen atoms in total. The molecule has 0 unspecified atom stereocenters. The van der Waals surface area contributed by atoms with Crippen LogP contribution in [0.1, 0.15) is 43.6 Å². The zero-order chi connectivity index (χ0) is 13.2. The molecule has 0 radical (unpaired) electrons. The third kappa shape index (κ3) is 2.16. The number of methoxy groups -OCH3 is 1. The Kier molecular flexibility index (Phi) is 3.33. The SMILES string of the molecule is COc1cc(C2CCCCC2)c(N)c2ccccc12. The van der Waals surface area contributed by atoms with E-state index in [-0.39, 0.29) is 0 Å². The summed E-state index contributed by atoms with van der Waals surface area (Å²) >= 11 is 0. The highest BCUT2D eigenvalue weighted by Gasteiger charge is 2.20. The fraction of sp³-hybridized carbons (Fsp3) is 0.412. The maximum Gasteiger partial charge on any atom is 0.127 e. The Balaban J connectivity index is 2.16. The highest BCUT2D eigenvalue weighted by Crippen LogP contribution is 2.41. The summed E-state index contributed by atoms with van der Waals surface area (Å²) in [5.41, 5.74) is 8.65. The van der Waals surface area contributed by atoms with Crippen molar-refractivity contribution in [2.75, 3.05) is 12.8 Å². The van der Waals surface area contributed by atoms with Crippen LogP contribution < -0.4 is 10.5 Å². The Labute approximate surface area is 114 Å². The van der Waals surface area contributed by atoms with Gasteiger partial charge in [-0.3, -0.25) is 0 Å². The van der Waals surface area contributed by atoms with Crippen molar-refractivity contribution in [1.82, 2.24) is 0 Å². The lowest BCUT2D eigenvalue weighted by molar-refractivity contribution is 0.415. The Morgan fingerprint density at radius 1 is 1.05 bits per heavy atom. The predicted molar refractivity (Wildman–Crippen MR) is 80.7 cm³/mol. The van der Waals surface area contributed by atoms with Gasteiger partial charge in [0.1, 0.15) is 5.75 Å². The second-order valence-electron chi connectivity index (χ2n) is 5.46. The standard InChI is InChI=1S/C17H21NO/c1-19-16-11-15(12-7-3-2-4-8-12)17(18)14-10-6-5-9-13(14)16/h5-6,9-12H,2-4,7-8,18H2,1H3. The molecule has 1 saturated carbocycles. The van der Waals surface area contributed by atoms with E-state index in [2.05, 4.69) is 18.2 Å².